The standard InChI is InChI=1S/Ca.Li.H3O4P.H2O.3H/c;;1-5(2,3)4;;;;/h;;(H3,1,2,3,4);1H2;;;. The zero-order valence-electron chi connectivity index (χ0n) is 2.70. The van der Waals surface area contributed by atoms with Gasteiger partial charge in [0.15, 0.2) is 0 Å². The van der Waals surface area contributed by atoms with Crippen LogP contribution in [0, 0.1) is 0 Å². The van der Waals surface area contributed by atoms with E-state index in [0.717, 1.165) is 0 Å². The number of hydrogen-bond acceptors (Lipinski definition) is 1. The fourth-order valence-electron chi connectivity index (χ4n) is 0. The molecule has 0 aliphatic heterocycles. The van der Waals surface area contributed by atoms with Gasteiger partial charge in [-0.25, -0.2) is 4.57 Å². The molecule has 46 valence electrons. The summed E-state index contributed by atoms with van der Waals surface area (Å²) >= 11 is 0. The molecule has 0 bridgehead atoms. The Labute approximate surface area is 88.2 Å². The summed E-state index contributed by atoms with van der Waals surface area (Å²) in [5.74, 6) is 0. The molecule has 0 heterocycles. The van der Waals surface area contributed by atoms with Crippen LogP contribution in [0.3, 0.4) is 0 Å². The molecule has 0 unspecified atom stereocenters. The van der Waals surface area contributed by atoms with E-state index in [9.17, 15) is 0 Å². The molecule has 0 aliphatic carbocycles. The predicted molar refractivity (Wildman–Crippen MR) is 33.6 cm³/mol. The van der Waals surface area contributed by atoms with Crippen LogP contribution in [0.5, 0.6) is 0 Å². The van der Waals surface area contributed by atoms with Crippen molar-refractivity contribution >= 4 is 64.4 Å². The zero-order valence-corrected chi connectivity index (χ0v) is 3.59. The average Bonchev–Trinajstić information content (AvgIpc) is 0.722. The molecule has 0 rings (SSSR count). The van der Waals surface area contributed by atoms with Crippen molar-refractivity contribution in [3.8, 4) is 0 Å². The van der Waals surface area contributed by atoms with Gasteiger partial charge in [0.25, 0.3) is 0 Å². The van der Waals surface area contributed by atoms with Gasteiger partial charge in [-0.2, -0.15) is 0 Å². The molecule has 0 aromatic heterocycles. The number of rotatable bonds is 0. The second kappa shape index (κ2) is 8.93. The summed E-state index contributed by atoms with van der Waals surface area (Å²) in [6, 6.07) is 0. The molecule has 0 fully saturated rings. The van der Waals surface area contributed by atoms with Gasteiger partial charge in [0.2, 0.25) is 0 Å². The van der Waals surface area contributed by atoms with Gasteiger partial charge in [-0.1, -0.05) is 0 Å². The predicted octanol–water partition coefficient (Wildman–Crippen LogP) is -3.32. The summed E-state index contributed by atoms with van der Waals surface area (Å²) in [5.41, 5.74) is 0. The Hall–Kier alpha value is 1.93. The van der Waals surface area contributed by atoms with Crippen LogP contribution >= 0.6 is 7.82 Å². The molecule has 0 amide bonds. The van der Waals surface area contributed by atoms with E-state index in [4.69, 9.17) is 19.2 Å². The van der Waals surface area contributed by atoms with Crippen molar-refractivity contribution < 1.29 is 24.7 Å². The van der Waals surface area contributed by atoms with Crippen molar-refractivity contribution in [1.29, 1.82) is 0 Å². The molecule has 0 radical (unpaired) electrons. The van der Waals surface area contributed by atoms with E-state index in [2.05, 4.69) is 0 Å². The van der Waals surface area contributed by atoms with Gasteiger partial charge >= 0.3 is 64.4 Å². The van der Waals surface area contributed by atoms with Gasteiger partial charge in [-0.3, -0.25) is 0 Å². The Kier molecular flexibility index (Phi) is 25.1. The SMILES string of the molecule is O.O=P(O)(O)O.[CaH2].[LiH]. The third kappa shape index (κ3) is 102. The van der Waals surface area contributed by atoms with E-state index < -0.39 is 7.82 Å². The van der Waals surface area contributed by atoms with Crippen LogP contribution in [0.25, 0.3) is 0 Å². The molecule has 5 N–H and O–H groups in total. The molecule has 0 aliphatic rings. The summed E-state index contributed by atoms with van der Waals surface area (Å²) in [7, 11) is -4.64. The van der Waals surface area contributed by atoms with Gasteiger partial charge in [0, 0.05) is 0 Å². The molecule has 0 spiro atoms. The summed E-state index contributed by atoms with van der Waals surface area (Å²) in [6.45, 7) is 0. The minimum atomic E-state index is -4.64. The Morgan fingerprint density at radius 3 is 1.12 bits per heavy atom. The molecule has 5 nitrogen and oxygen atoms in total. The maximum absolute atomic E-state index is 8.88. The molecule has 0 aromatic rings. The van der Waals surface area contributed by atoms with Crippen LogP contribution in [0.2, 0.25) is 0 Å². The van der Waals surface area contributed by atoms with Gasteiger partial charge in [-0.15, -0.1) is 0 Å². The van der Waals surface area contributed by atoms with E-state index in [1.807, 2.05) is 0 Å². The van der Waals surface area contributed by atoms with Gasteiger partial charge in [-0.05, 0) is 0 Å². The van der Waals surface area contributed by atoms with E-state index in [1.54, 1.807) is 0 Å². The maximum atomic E-state index is 8.88. The molecule has 0 saturated carbocycles. The Bertz CT molecular complexity index is 58.6. The summed E-state index contributed by atoms with van der Waals surface area (Å²) < 4.78 is 8.88. The molecular formula is H8CaLiO5P. The van der Waals surface area contributed by atoms with Crippen molar-refractivity contribution in [2.75, 3.05) is 0 Å². The zero-order chi connectivity index (χ0) is 4.50. The van der Waals surface area contributed by atoms with Gasteiger partial charge in [0.05, 0.1) is 0 Å². The first kappa shape index (κ1) is 22.5. The second-order valence-electron chi connectivity index (χ2n) is 0.513. The monoisotopic (exact) mass is 166 g/mol. The average molecular weight is 166 g/mol. The van der Waals surface area contributed by atoms with Crippen molar-refractivity contribution in [3.05, 3.63) is 0 Å². The van der Waals surface area contributed by atoms with E-state index >= 15 is 0 Å². The Morgan fingerprint density at radius 2 is 1.12 bits per heavy atom. The quantitative estimate of drug-likeness (QED) is 0.258. The van der Waals surface area contributed by atoms with Crippen LogP contribution in [0.4, 0.5) is 0 Å². The van der Waals surface area contributed by atoms with Crippen molar-refractivity contribution in [1.82, 2.24) is 0 Å². The third-order valence-electron chi connectivity index (χ3n) is 0. The van der Waals surface area contributed by atoms with Crippen molar-refractivity contribution in [3.63, 3.8) is 0 Å². The molecule has 0 atom stereocenters. The van der Waals surface area contributed by atoms with Crippen molar-refractivity contribution in [2.45, 2.75) is 0 Å². The fraction of sp³-hybridized carbons (Fsp3) is 0. The third-order valence-corrected chi connectivity index (χ3v) is 0. The molecule has 8 heteroatoms. The second-order valence-corrected chi connectivity index (χ2v) is 1.54. The van der Waals surface area contributed by atoms with Crippen LogP contribution in [0.15, 0.2) is 0 Å². The van der Waals surface area contributed by atoms with Crippen LogP contribution < -0.4 is 0 Å². The first-order valence-electron chi connectivity index (χ1n) is 0.783. The van der Waals surface area contributed by atoms with E-state index in [0.29, 0.717) is 0 Å². The Morgan fingerprint density at radius 1 is 1.12 bits per heavy atom. The molecule has 8 heavy (non-hydrogen) atoms. The summed E-state index contributed by atoms with van der Waals surface area (Å²) in [6.07, 6.45) is 0. The van der Waals surface area contributed by atoms with Crippen LogP contribution in [-0.4, -0.2) is 76.8 Å². The van der Waals surface area contributed by atoms with E-state index in [1.165, 1.54) is 0 Å². The summed E-state index contributed by atoms with van der Waals surface area (Å²) in [4.78, 5) is 21.6. The van der Waals surface area contributed by atoms with Gasteiger partial charge in [0.1, 0.15) is 0 Å². The topological polar surface area (TPSA) is 109 Å². The van der Waals surface area contributed by atoms with Crippen LogP contribution in [0.1, 0.15) is 0 Å². The van der Waals surface area contributed by atoms with E-state index in [-0.39, 0.29) is 62.1 Å². The molecule has 0 aromatic carbocycles. The molecule has 0 saturated heterocycles. The van der Waals surface area contributed by atoms with Crippen molar-refractivity contribution in [2.24, 2.45) is 0 Å². The van der Waals surface area contributed by atoms with Crippen LogP contribution in [-0.2, 0) is 4.57 Å². The van der Waals surface area contributed by atoms with Gasteiger partial charge < -0.3 is 20.2 Å². The fourth-order valence-corrected chi connectivity index (χ4v) is 0. The summed E-state index contributed by atoms with van der Waals surface area (Å²) in [5, 5.41) is 0. The number of phosphoric acid groups is 1. The first-order chi connectivity index (χ1) is 2.00. The normalized spacial score (nSPS) is 7.38. The first-order valence-corrected chi connectivity index (χ1v) is 2.35. The minimum absolute atomic E-state index is 0. The molecular weight excluding hydrogens is 158 g/mol. The number of hydrogen-bond donors (Lipinski definition) is 3. The Balaban J connectivity index is -0.0000000267.